The molecular weight excluding hydrogens is 377 g/mol. The first-order chi connectivity index (χ1) is 13.5. The minimum atomic E-state index is -0.358. The van der Waals surface area contributed by atoms with Gasteiger partial charge in [-0.05, 0) is 30.3 Å². The van der Waals surface area contributed by atoms with Gasteiger partial charge in [0.25, 0.3) is 0 Å². The molecule has 2 aromatic carbocycles. The average molecular weight is 400 g/mol. The highest BCUT2D eigenvalue weighted by atomic mass is 32.1. The fourth-order valence-electron chi connectivity index (χ4n) is 3.02. The highest BCUT2D eigenvalue weighted by Crippen LogP contribution is 2.28. The summed E-state index contributed by atoms with van der Waals surface area (Å²) in [6.07, 6.45) is 0. The molecular formula is C21H23FN3O2S+. The van der Waals surface area contributed by atoms with Gasteiger partial charge < -0.3 is 9.64 Å². The Hall–Kier alpha value is -2.77. The minimum absolute atomic E-state index is 0.0819. The summed E-state index contributed by atoms with van der Waals surface area (Å²) in [7, 11) is 3.48. The van der Waals surface area contributed by atoms with Crippen molar-refractivity contribution in [1.82, 2.24) is 4.98 Å². The van der Waals surface area contributed by atoms with Gasteiger partial charge in [-0.25, -0.2) is 9.37 Å². The summed E-state index contributed by atoms with van der Waals surface area (Å²) < 4.78 is 18.8. The van der Waals surface area contributed by atoms with E-state index in [4.69, 9.17) is 4.74 Å². The first kappa shape index (κ1) is 20.0. The van der Waals surface area contributed by atoms with Crippen LogP contribution in [0.2, 0.25) is 0 Å². The number of carbonyl (C=O) groups is 1. The second kappa shape index (κ2) is 8.95. The topological polar surface area (TPSA) is 46.9 Å². The molecule has 1 amide bonds. The molecule has 5 nitrogen and oxygen atoms in total. The van der Waals surface area contributed by atoms with Crippen molar-refractivity contribution < 1.29 is 18.8 Å². The van der Waals surface area contributed by atoms with Crippen molar-refractivity contribution in [3.63, 3.8) is 0 Å². The standard InChI is InChI=1S/C21H22FN3O2S/c1-15(26)25(18-7-5-4-6-8-18)21-23-17(14-28-21)13-24(2)12-16-9-10-20(27-3)19(22)11-16/h4-11,14H,12-13H2,1-3H3/p+1. The fraction of sp³-hybridized carbons (Fsp3) is 0.238. The first-order valence-electron chi connectivity index (χ1n) is 8.91. The van der Waals surface area contributed by atoms with Gasteiger partial charge in [0.05, 0.1) is 19.8 Å². The van der Waals surface area contributed by atoms with Crippen LogP contribution in [0.3, 0.4) is 0 Å². The van der Waals surface area contributed by atoms with E-state index in [0.717, 1.165) is 21.8 Å². The number of halogens is 1. The molecule has 1 N–H and O–H groups in total. The van der Waals surface area contributed by atoms with E-state index in [2.05, 4.69) is 4.98 Å². The zero-order valence-corrected chi connectivity index (χ0v) is 16.9. The summed E-state index contributed by atoms with van der Waals surface area (Å²) in [5.41, 5.74) is 2.58. The van der Waals surface area contributed by atoms with E-state index in [0.29, 0.717) is 18.2 Å². The van der Waals surface area contributed by atoms with E-state index >= 15 is 0 Å². The number of rotatable bonds is 7. The summed E-state index contributed by atoms with van der Waals surface area (Å²) >= 11 is 1.44. The summed E-state index contributed by atoms with van der Waals surface area (Å²) in [4.78, 5) is 19.6. The number of benzene rings is 2. The molecule has 0 saturated carbocycles. The second-order valence-electron chi connectivity index (χ2n) is 6.59. The summed E-state index contributed by atoms with van der Waals surface area (Å²) in [6.45, 7) is 2.86. The lowest BCUT2D eigenvalue weighted by atomic mass is 10.2. The number of anilines is 2. The molecule has 146 valence electrons. The minimum Gasteiger partial charge on any atom is -0.494 e. The molecule has 0 aliphatic heterocycles. The molecule has 1 aromatic heterocycles. The van der Waals surface area contributed by atoms with Gasteiger partial charge in [-0.3, -0.25) is 9.69 Å². The molecule has 1 heterocycles. The van der Waals surface area contributed by atoms with E-state index in [1.807, 2.05) is 48.8 Å². The molecule has 28 heavy (non-hydrogen) atoms. The lowest BCUT2D eigenvalue weighted by Crippen LogP contribution is -3.06. The summed E-state index contributed by atoms with van der Waals surface area (Å²) in [5.74, 6) is -0.194. The van der Waals surface area contributed by atoms with Crippen LogP contribution in [0.25, 0.3) is 0 Å². The normalized spacial score (nSPS) is 11.9. The van der Waals surface area contributed by atoms with E-state index in [1.54, 1.807) is 11.0 Å². The van der Waals surface area contributed by atoms with Crippen LogP contribution in [0, 0.1) is 5.82 Å². The van der Waals surface area contributed by atoms with Crippen molar-refractivity contribution in [2.24, 2.45) is 0 Å². The number of methoxy groups -OCH3 is 1. The lowest BCUT2D eigenvalue weighted by Gasteiger charge is -2.18. The van der Waals surface area contributed by atoms with Crippen molar-refractivity contribution in [3.05, 3.63) is 71.0 Å². The Morgan fingerprint density at radius 2 is 1.96 bits per heavy atom. The van der Waals surface area contributed by atoms with Crippen LogP contribution in [0.5, 0.6) is 5.75 Å². The van der Waals surface area contributed by atoms with Crippen LogP contribution in [0.1, 0.15) is 18.2 Å². The number of ether oxygens (including phenoxy) is 1. The average Bonchev–Trinajstić information content (AvgIpc) is 3.10. The maximum Gasteiger partial charge on any atom is 0.230 e. The fourth-order valence-corrected chi connectivity index (χ4v) is 3.91. The molecule has 0 aliphatic carbocycles. The first-order valence-corrected chi connectivity index (χ1v) is 9.79. The van der Waals surface area contributed by atoms with Gasteiger partial charge in [0.15, 0.2) is 16.7 Å². The molecule has 3 rings (SSSR count). The number of nitrogens with one attached hydrogen (secondary N) is 1. The van der Waals surface area contributed by atoms with Gasteiger partial charge >= 0.3 is 0 Å². The number of carbonyl (C=O) groups excluding carboxylic acids is 1. The van der Waals surface area contributed by atoms with Crippen LogP contribution in [0.15, 0.2) is 53.9 Å². The van der Waals surface area contributed by atoms with Crippen LogP contribution in [-0.4, -0.2) is 25.0 Å². The molecule has 0 saturated heterocycles. The molecule has 1 unspecified atom stereocenters. The third-order valence-corrected chi connectivity index (χ3v) is 5.14. The number of para-hydroxylation sites is 1. The molecule has 0 radical (unpaired) electrons. The molecule has 7 heteroatoms. The number of quaternary nitrogens is 1. The van der Waals surface area contributed by atoms with E-state index in [-0.39, 0.29) is 17.5 Å². The van der Waals surface area contributed by atoms with Gasteiger partial charge in [-0.1, -0.05) is 18.2 Å². The van der Waals surface area contributed by atoms with Crippen LogP contribution >= 0.6 is 11.3 Å². The smallest absolute Gasteiger partial charge is 0.230 e. The molecule has 0 aliphatic rings. The van der Waals surface area contributed by atoms with Crippen molar-refractivity contribution in [1.29, 1.82) is 0 Å². The van der Waals surface area contributed by atoms with Crippen molar-refractivity contribution in [2.75, 3.05) is 19.1 Å². The zero-order chi connectivity index (χ0) is 20.1. The van der Waals surface area contributed by atoms with Crippen molar-refractivity contribution in [2.45, 2.75) is 20.0 Å². The van der Waals surface area contributed by atoms with E-state index < -0.39 is 0 Å². The zero-order valence-electron chi connectivity index (χ0n) is 16.1. The Balaban J connectivity index is 1.69. The predicted molar refractivity (Wildman–Crippen MR) is 109 cm³/mol. The highest BCUT2D eigenvalue weighted by Gasteiger charge is 2.19. The number of hydrogen-bond donors (Lipinski definition) is 1. The van der Waals surface area contributed by atoms with Crippen molar-refractivity contribution in [3.8, 4) is 5.75 Å². The second-order valence-corrected chi connectivity index (χ2v) is 7.43. The third-order valence-electron chi connectivity index (χ3n) is 4.27. The largest absolute Gasteiger partial charge is 0.494 e. The number of amides is 1. The molecule has 1 atom stereocenters. The number of aromatic nitrogens is 1. The number of thiazole rings is 1. The highest BCUT2D eigenvalue weighted by molar-refractivity contribution is 7.14. The Kier molecular flexibility index (Phi) is 6.38. The van der Waals surface area contributed by atoms with Gasteiger partial charge in [0.2, 0.25) is 5.91 Å². The Morgan fingerprint density at radius 3 is 2.61 bits per heavy atom. The Labute approximate surface area is 168 Å². The van der Waals surface area contributed by atoms with Crippen molar-refractivity contribution >= 4 is 28.1 Å². The van der Waals surface area contributed by atoms with Gasteiger partial charge in [0, 0.05) is 17.9 Å². The predicted octanol–water partition coefficient (Wildman–Crippen LogP) is 3.19. The molecule has 0 fully saturated rings. The Bertz CT molecular complexity index is 946. The quantitative estimate of drug-likeness (QED) is 0.663. The summed E-state index contributed by atoms with van der Waals surface area (Å²) in [5, 5.41) is 2.61. The maximum absolute atomic E-state index is 13.9. The third kappa shape index (κ3) is 4.74. The molecule has 3 aromatic rings. The molecule has 0 bridgehead atoms. The Morgan fingerprint density at radius 1 is 1.21 bits per heavy atom. The van der Waals surface area contributed by atoms with Crippen LogP contribution in [0.4, 0.5) is 15.2 Å². The van der Waals surface area contributed by atoms with E-state index in [1.165, 1.54) is 31.4 Å². The van der Waals surface area contributed by atoms with Gasteiger partial charge in [0.1, 0.15) is 18.8 Å². The lowest BCUT2D eigenvalue weighted by molar-refractivity contribution is -0.908. The number of hydrogen-bond acceptors (Lipinski definition) is 4. The van der Waals surface area contributed by atoms with Crippen LogP contribution < -0.4 is 14.5 Å². The molecule has 0 spiro atoms. The SMILES string of the molecule is COc1ccc(C[NH+](C)Cc2csc(N(C(C)=O)c3ccccc3)n2)cc1F. The summed E-state index contributed by atoms with van der Waals surface area (Å²) in [6, 6.07) is 14.5. The number of nitrogens with zero attached hydrogens (tertiary/aromatic N) is 2. The van der Waals surface area contributed by atoms with Gasteiger partial charge in [-0.15, -0.1) is 11.3 Å². The maximum atomic E-state index is 13.9. The van der Waals surface area contributed by atoms with Gasteiger partial charge in [-0.2, -0.15) is 0 Å². The van der Waals surface area contributed by atoms with Crippen LogP contribution in [-0.2, 0) is 17.9 Å². The monoisotopic (exact) mass is 400 g/mol. The van der Waals surface area contributed by atoms with E-state index in [9.17, 15) is 9.18 Å².